The number of nitrogens with zero attached hydrogens (tertiary/aromatic N) is 1. The van der Waals surface area contributed by atoms with Gasteiger partial charge in [-0.1, -0.05) is 12.1 Å². The summed E-state index contributed by atoms with van der Waals surface area (Å²) in [5.74, 6) is -0.812. The van der Waals surface area contributed by atoms with Gasteiger partial charge in [-0.15, -0.1) is 0 Å². The van der Waals surface area contributed by atoms with Gasteiger partial charge in [-0.25, -0.2) is 0 Å². The number of carbonyl (C=O) groups excluding carboxylic acids is 2. The molecule has 1 aromatic rings. The van der Waals surface area contributed by atoms with Crippen molar-refractivity contribution in [1.29, 1.82) is 0 Å². The van der Waals surface area contributed by atoms with E-state index in [4.69, 9.17) is 4.74 Å². The maximum atomic E-state index is 12.1. The molecule has 0 radical (unpaired) electrons. The molecule has 4 nitrogen and oxygen atoms in total. The van der Waals surface area contributed by atoms with Gasteiger partial charge in [-0.3, -0.25) is 9.59 Å². The molecule has 100 valence electrons. The Balaban J connectivity index is 1.90. The molecule has 3 rings (SSSR count). The highest BCUT2D eigenvalue weighted by Gasteiger charge is 2.38. The Morgan fingerprint density at radius 2 is 2.16 bits per heavy atom. The van der Waals surface area contributed by atoms with Crippen LogP contribution in [0.5, 0.6) is 0 Å². The molecule has 1 aromatic carbocycles. The van der Waals surface area contributed by atoms with E-state index < -0.39 is 11.7 Å². The lowest BCUT2D eigenvalue weighted by Crippen LogP contribution is -2.39. The minimum absolute atomic E-state index is 0.0519. The third-order valence-corrected chi connectivity index (χ3v) is 3.85. The molecule has 0 bridgehead atoms. The van der Waals surface area contributed by atoms with Crippen molar-refractivity contribution in [2.24, 2.45) is 0 Å². The van der Waals surface area contributed by atoms with Crippen LogP contribution in [0.15, 0.2) is 18.2 Å². The molecule has 1 fully saturated rings. The zero-order valence-corrected chi connectivity index (χ0v) is 11.0. The number of para-hydroxylation sites is 1. The van der Waals surface area contributed by atoms with Gasteiger partial charge >= 0.3 is 0 Å². The van der Waals surface area contributed by atoms with E-state index in [0.29, 0.717) is 12.1 Å². The Hall–Kier alpha value is -1.68. The third-order valence-electron chi connectivity index (χ3n) is 3.85. The summed E-state index contributed by atoms with van der Waals surface area (Å²) in [5, 5.41) is 0. The van der Waals surface area contributed by atoms with Gasteiger partial charge in [0, 0.05) is 6.61 Å². The molecule has 1 saturated heterocycles. The maximum absolute atomic E-state index is 12.1. The Kier molecular flexibility index (Phi) is 3.11. The fourth-order valence-corrected chi connectivity index (χ4v) is 2.87. The zero-order chi connectivity index (χ0) is 13.4. The van der Waals surface area contributed by atoms with Crippen LogP contribution in [0.3, 0.4) is 0 Å². The molecule has 0 spiro atoms. The summed E-state index contributed by atoms with van der Waals surface area (Å²) in [6.07, 6.45) is 3.22. The number of ketones is 1. The summed E-state index contributed by atoms with van der Waals surface area (Å²) >= 11 is 0. The highest BCUT2D eigenvalue weighted by atomic mass is 16.5. The Morgan fingerprint density at radius 3 is 2.89 bits per heavy atom. The van der Waals surface area contributed by atoms with Crippen LogP contribution in [0.2, 0.25) is 0 Å². The second-order valence-corrected chi connectivity index (χ2v) is 5.20. The lowest BCUT2D eigenvalue weighted by atomic mass is 10.1. The highest BCUT2D eigenvalue weighted by molar-refractivity contribution is 6.52. The number of Topliss-reactive ketones (excluding diaryl/α,β-unsaturated/α-hetero) is 1. The molecule has 1 unspecified atom stereocenters. The molecule has 2 aliphatic heterocycles. The van der Waals surface area contributed by atoms with Crippen molar-refractivity contribution >= 4 is 17.4 Å². The van der Waals surface area contributed by atoms with Gasteiger partial charge in [0.25, 0.3) is 11.7 Å². The van der Waals surface area contributed by atoms with E-state index in [0.717, 1.165) is 37.1 Å². The molecular weight excluding hydrogens is 242 g/mol. The number of ether oxygens (including phenoxy) is 1. The largest absolute Gasteiger partial charge is 0.376 e. The number of hydrogen-bond acceptors (Lipinski definition) is 3. The number of anilines is 1. The number of hydrogen-bond donors (Lipinski definition) is 0. The van der Waals surface area contributed by atoms with E-state index in [9.17, 15) is 9.59 Å². The molecule has 0 aliphatic carbocycles. The van der Waals surface area contributed by atoms with Crippen LogP contribution >= 0.6 is 0 Å². The van der Waals surface area contributed by atoms with Gasteiger partial charge in [-0.05, 0) is 37.8 Å². The van der Waals surface area contributed by atoms with E-state index >= 15 is 0 Å². The zero-order valence-electron chi connectivity index (χ0n) is 11.0. The van der Waals surface area contributed by atoms with Crippen LogP contribution in [0.25, 0.3) is 0 Å². The molecule has 1 atom stereocenters. The predicted octanol–water partition coefficient (Wildman–Crippen LogP) is 2.09. The van der Waals surface area contributed by atoms with E-state index in [1.165, 1.54) is 0 Å². The standard InChI is InChI=1S/C15H17NO3/c1-10-5-4-7-12-13(10)16(15(18)14(12)17)9-11-6-2-3-8-19-11/h4-5,7,11H,2-3,6,8-9H2,1H3. The number of benzene rings is 1. The molecule has 2 aliphatic rings. The van der Waals surface area contributed by atoms with E-state index in [1.807, 2.05) is 19.1 Å². The van der Waals surface area contributed by atoms with Crippen LogP contribution in [0, 0.1) is 6.92 Å². The first-order valence-electron chi connectivity index (χ1n) is 6.76. The lowest BCUT2D eigenvalue weighted by molar-refractivity contribution is -0.114. The summed E-state index contributed by atoms with van der Waals surface area (Å²) in [6, 6.07) is 5.48. The molecule has 2 heterocycles. The minimum atomic E-state index is -0.418. The monoisotopic (exact) mass is 259 g/mol. The quantitative estimate of drug-likeness (QED) is 0.764. The van der Waals surface area contributed by atoms with Crippen molar-refractivity contribution in [3.63, 3.8) is 0 Å². The highest BCUT2D eigenvalue weighted by Crippen LogP contribution is 2.33. The van der Waals surface area contributed by atoms with Crippen LogP contribution in [0.1, 0.15) is 35.2 Å². The van der Waals surface area contributed by atoms with Crippen LogP contribution < -0.4 is 4.90 Å². The van der Waals surface area contributed by atoms with Crippen molar-refractivity contribution in [2.45, 2.75) is 32.3 Å². The van der Waals surface area contributed by atoms with Gasteiger partial charge < -0.3 is 9.64 Å². The van der Waals surface area contributed by atoms with Gasteiger partial charge in [0.15, 0.2) is 0 Å². The number of carbonyl (C=O) groups is 2. The van der Waals surface area contributed by atoms with E-state index in [1.54, 1.807) is 11.0 Å². The van der Waals surface area contributed by atoms with Crippen LogP contribution in [0.4, 0.5) is 5.69 Å². The summed E-state index contributed by atoms with van der Waals surface area (Å²) in [4.78, 5) is 25.7. The average Bonchev–Trinajstić information content (AvgIpc) is 2.67. The summed E-state index contributed by atoms with van der Waals surface area (Å²) < 4.78 is 5.67. The maximum Gasteiger partial charge on any atom is 0.299 e. The number of rotatable bonds is 2. The first-order chi connectivity index (χ1) is 9.18. The van der Waals surface area contributed by atoms with Crippen molar-refractivity contribution in [3.05, 3.63) is 29.3 Å². The smallest absolute Gasteiger partial charge is 0.299 e. The fourth-order valence-electron chi connectivity index (χ4n) is 2.87. The van der Waals surface area contributed by atoms with E-state index in [-0.39, 0.29) is 6.10 Å². The van der Waals surface area contributed by atoms with Gasteiger partial charge in [0.05, 0.1) is 23.9 Å². The number of amides is 1. The summed E-state index contributed by atoms with van der Waals surface area (Å²) in [6.45, 7) is 3.17. The van der Waals surface area contributed by atoms with Gasteiger partial charge in [0.1, 0.15) is 0 Å². The normalized spacial score (nSPS) is 22.8. The first-order valence-corrected chi connectivity index (χ1v) is 6.76. The van der Waals surface area contributed by atoms with Crippen LogP contribution in [-0.4, -0.2) is 30.9 Å². The van der Waals surface area contributed by atoms with Crippen molar-refractivity contribution in [3.8, 4) is 0 Å². The molecule has 0 N–H and O–H groups in total. The van der Waals surface area contributed by atoms with Crippen molar-refractivity contribution in [1.82, 2.24) is 0 Å². The SMILES string of the molecule is Cc1cccc2c1N(CC1CCCCO1)C(=O)C2=O. The molecule has 0 aromatic heterocycles. The predicted molar refractivity (Wildman–Crippen MR) is 71.5 cm³/mol. The molecule has 0 saturated carbocycles. The Bertz CT molecular complexity index is 532. The first kappa shape index (κ1) is 12.4. The Labute approximate surface area is 112 Å². The second kappa shape index (κ2) is 4.78. The second-order valence-electron chi connectivity index (χ2n) is 5.20. The molecule has 19 heavy (non-hydrogen) atoms. The Morgan fingerprint density at radius 1 is 1.32 bits per heavy atom. The molecule has 1 amide bonds. The number of aryl methyl sites for hydroxylation is 1. The molecular formula is C15H17NO3. The van der Waals surface area contributed by atoms with Gasteiger partial charge in [-0.2, -0.15) is 0 Å². The molecule has 4 heteroatoms. The third kappa shape index (κ3) is 2.06. The lowest BCUT2D eigenvalue weighted by Gasteiger charge is -2.27. The summed E-state index contributed by atoms with van der Waals surface area (Å²) in [7, 11) is 0. The fraction of sp³-hybridized carbons (Fsp3) is 0.467. The summed E-state index contributed by atoms with van der Waals surface area (Å²) in [5.41, 5.74) is 2.26. The van der Waals surface area contributed by atoms with Crippen molar-refractivity contribution < 1.29 is 14.3 Å². The number of fused-ring (bicyclic) bond motifs is 1. The minimum Gasteiger partial charge on any atom is -0.376 e. The van der Waals surface area contributed by atoms with E-state index in [2.05, 4.69) is 0 Å². The topological polar surface area (TPSA) is 46.6 Å². The van der Waals surface area contributed by atoms with Gasteiger partial charge in [0.2, 0.25) is 0 Å². The average molecular weight is 259 g/mol. The van der Waals surface area contributed by atoms with Crippen molar-refractivity contribution in [2.75, 3.05) is 18.1 Å². The van der Waals surface area contributed by atoms with Crippen LogP contribution in [-0.2, 0) is 9.53 Å².